The minimum absolute atomic E-state index is 0.127. The number of hydrogen-bond acceptors (Lipinski definition) is 9. The second kappa shape index (κ2) is 9.93. The summed E-state index contributed by atoms with van der Waals surface area (Å²) in [6, 6.07) is 2.18. The topological polar surface area (TPSA) is 161 Å². The molecule has 7 rings (SSSR count). The van der Waals surface area contributed by atoms with E-state index in [2.05, 4.69) is 10.6 Å². The van der Waals surface area contributed by atoms with E-state index in [0.29, 0.717) is 30.1 Å². The van der Waals surface area contributed by atoms with Gasteiger partial charge in [-0.1, -0.05) is 0 Å². The average molecular weight is 564 g/mol. The number of ether oxygens (including phenoxy) is 3. The number of benzene rings is 1. The molecule has 3 amide bonds. The van der Waals surface area contributed by atoms with Gasteiger partial charge < -0.3 is 24.6 Å². The second-order valence-electron chi connectivity index (χ2n) is 11.6. The van der Waals surface area contributed by atoms with Crippen molar-refractivity contribution in [2.45, 2.75) is 67.5 Å². The predicted molar refractivity (Wildman–Crippen MR) is 134 cm³/mol. The molecule has 13 heteroatoms. The zero-order chi connectivity index (χ0) is 27.4. The van der Waals surface area contributed by atoms with Crippen LogP contribution >= 0.6 is 0 Å². The minimum Gasteiger partial charge on any atom is -0.486 e. The number of fused-ring (bicyclic) bond motifs is 1. The average Bonchev–Trinajstić information content (AvgIpc) is 3.28. The molecule has 4 aliphatic carbocycles. The maximum atomic E-state index is 13.3. The molecule has 2 heterocycles. The number of urea groups is 1. The van der Waals surface area contributed by atoms with Gasteiger partial charge in [-0.05, 0) is 68.4 Å². The van der Waals surface area contributed by atoms with Gasteiger partial charge in [0.1, 0.15) is 19.3 Å². The van der Waals surface area contributed by atoms with Crippen molar-refractivity contribution >= 4 is 27.9 Å². The fraction of sp³-hybridized carbons (Fsp3) is 0.654. The molecule has 2 atom stereocenters. The van der Waals surface area contributed by atoms with Crippen molar-refractivity contribution in [2.75, 3.05) is 26.4 Å². The molecule has 0 spiro atoms. The number of carbonyl (C=O) groups is 3. The van der Waals surface area contributed by atoms with Gasteiger partial charge in [0.15, 0.2) is 18.1 Å². The first-order valence-electron chi connectivity index (χ1n) is 13.5. The standard InChI is InChI=1S/C26H33N3O9S/c30-18-8-20(29(13-18)39(34,35)19-1-2-21-22(9-19)37-4-3-36-21)24(32)38-14-23(31)27-25(33)28-26-10-15-5-16(11-26)7-17(6-15)12-26/h1-2,9,15-18,20,30H,3-8,10-14H2,(H2,27,28,31,33)/t15?,16?,17?,18-,20+,26?/m1/s1. The molecule has 2 aliphatic heterocycles. The summed E-state index contributed by atoms with van der Waals surface area (Å²) in [7, 11) is -4.21. The summed E-state index contributed by atoms with van der Waals surface area (Å²) in [5, 5.41) is 15.4. The highest BCUT2D eigenvalue weighted by Crippen LogP contribution is 2.55. The van der Waals surface area contributed by atoms with Crippen LogP contribution in [0.3, 0.4) is 0 Å². The van der Waals surface area contributed by atoms with Crippen LogP contribution < -0.4 is 20.1 Å². The zero-order valence-electron chi connectivity index (χ0n) is 21.5. The van der Waals surface area contributed by atoms with E-state index >= 15 is 0 Å². The van der Waals surface area contributed by atoms with Crippen LogP contribution in [-0.4, -0.2) is 79.8 Å². The Morgan fingerprint density at radius 2 is 1.64 bits per heavy atom. The van der Waals surface area contributed by atoms with Crippen LogP contribution in [0.2, 0.25) is 0 Å². The summed E-state index contributed by atoms with van der Waals surface area (Å²) < 4.78 is 43.5. The van der Waals surface area contributed by atoms with Crippen molar-refractivity contribution in [3.05, 3.63) is 18.2 Å². The van der Waals surface area contributed by atoms with Gasteiger partial charge in [0, 0.05) is 24.6 Å². The number of hydrogen-bond donors (Lipinski definition) is 3. The molecule has 1 saturated heterocycles. The third-order valence-corrected chi connectivity index (χ3v) is 10.5. The monoisotopic (exact) mass is 563 g/mol. The highest BCUT2D eigenvalue weighted by molar-refractivity contribution is 7.89. The Balaban J connectivity index is 1.05. The number of nitrogens with one attached hydrogen (secondary N) is 2. The lowest BCUT2D eigenvalue weighted by Crippen LogP contribution is -2.62. The van der Waals surface area contributed by atoms with Crippen LogP contribution in [0.5, 0.6) is 11.5 Å². The predicted octanol–water partition coefficient (Wildman–Crippen LogP) is 0.919. The van der Waals surface area contributed by atoms with E-state index in [9.17, 15) is 27.9 Å². The Morgan fingerprint density at radius 3 is 2.31 bits per heavy atom. The summed E-state index contributed by atoms with van der Waals surface area (Å²) in [6.07, 6.45) is 5.15. The first-order chi connectivity index (χ1) is 18.6. The third-order valence-electron chi connectivity index (χ3n) is 8.64. The number of amides is 3. The normalized spacial score (nSPS) is 33.0. The van der Waals surface area contributed by atoms with E-state index in [1.54, 1.807) is 0 Å². The van der Waals surface area contributed by atoms with Gasteiger partial charge in [-0.15, -0.1) is 0 Å². The molecular formula is C26H33N3O9S. The van der Waals surface area contributed by atoms with E-state index in [1.165, 1.54) is 37.5 Å². The van der Waals surface area contributed by atoms with E-state index < -0.39 is 46.7 Å². The number of β-amino-alcohol motifs (C(OH)–C–C–N with tert-alkyl or cyclic N) is 1. The Labute approximate surface area is 226 Å². The smallest absolute Gasteiger partial charge is 0.325 e. The van der Waals surface area contributed by atoms with Crippen molar-refractivity contribution in [1.82, 2.24) is 14.9 Å². The van der Waals surface area contributed by atoms with Crippen molar-refractivity contribution in [3.8, 4) is 11.5 Å². The van der Waals surface area contributed by atoms with Crippen molar-refractivity contribution in [3.63, 3.8) is 0 Å². The van der Waals surface area contributed by atoms with Crippen LogP contribution in [-0.2, 0) is 24.3 Å². The molecule has 0 unspecified atom stereocenters. The maximum absolute atomic E-state index is 13.3. The molecule has 39 heavy (non-hydrogen) atoms. The van der Waals surface area contributed by atoms with Crippen LogP contribution in [0, 0.1) is 17.8 Å². The number of sulfonamides is 1. The van der Waals surface area contributed by atoms with Gasteiger partial charge in [0.2, 0.25) is 10.0 Å². The van der Waals surface area contributed by atoms with E-state index in [1.807, 2.05) is 0 Å². The Morgan fingerprint density at radius 1 is 1.00 bits per heavy atom. The number of rotatable bonds is 6. The largest absolute Gasteiger partial charge is 0.486 e. The molecule has 0 aromatic heterocycles. The number of nitrogens with zero attached hydrogens (tertiary/aromatic N) is 1. The van der Waals surface area contributed by atoms with Gasteiger partial charge in [-0.25, -0.2) is 13.2 Å². The molecular weight excluding hydrogens is 530 g/mol. The SMILES string of the molecule is O=C(COC(=O)[C@@H]1C[C@@H](O)CN1S(=O)(=O)c1ccc2c(c1)OCCO2)NC(=O)NC12CC3CC(CC(C3)C1)C2. The molecule has 0 radical (unpaired) electrons. The van der Waals surface area contributed by atoms with Crippen LogP contribution in [0.4, 0.5) is 4.79 Å². The van der Waals surface area contributed by atoms with Crippen molar-refractivity contribution < 1.29 is 42.1 Å². The number of carbonyl (C=O) groups excluding carboxylic acids is 3. The molecule has 1 aromatic carbocycles. The molecule has 1 aromatic rings. The first-order valence-corrected chi connectivity index (χ1v) is 14.9. The lowest BCUT2D eigenvalue weighted by Gasteiger charge is -2.56. The lowest BCUT2D eigenvalue weighted by atomic mass is 9.53. The quantitative estimate of drug-likeness (QED) is 0.428. The van der Waals surface area contributed by atoms with Crippen LogP contribution in [0.25, 0.3) is 0 Å². The van der Waals surface area contributed by atoms with Crippen molar-refractivity contribution in [2.24, 2.45) is 17.8 Å². The maximum Gasteiger partial charge on any atom is 0.325 e. The summed E-state index contributed by atoms with van der Waals surface area (Å²) in [4.78, 5) is 37.7. The highest BCUT2D eigenvalue weighted by Gasteiger charge is 2.51. The number of imide groups is 1. The van der Waals surface area contributed by atoms with E-state index in [0.717, 1.165) is 23.6 Å². The van der Waals surface area contributed by atoms with Gasteiger partial charge in [-0.3, -0.25) is 14.9 Å². The Kier molecular flexibility index (Phi) is 6.71. The fourth-order valence-electron chi connectivity index (χ4n) is 7.52. The third kappa shape index (κ3) is 5.19. The lowest BCUT2D eigenvalue weighted by molar-refractivity contribution is -0.151. The number of aliphatic hydroxyl groups is 1. The zero-order valence-corrected chi connectivity index (χ0v) is 22.3. The molecule has 12 nitrogen and oxygen atoms in total. The van der Waals surface area contributed by atoms with Crippen molar-refractivity contribution in [1.29, 1.82) is 0 Å². The van der Waals surface area contributed by atoms with Crippen LogP contribution in [0.1, 0.15) is 44.9 Å². The molecule has 4 saturated carbocycles. The first kappa shape index (κ1) is 26.3. The number of esters is 1. The molecule has 4 bridgehead atoms. The summed E-state index contributed by atoms with van der Waals surface area (Å²) in [5.41, 5.74) is -0.279. The van der Waals surface area contributed by atoms with Gasteiger partial charge >= 0.3 is 12.0 Å². The summed E-state index contributed by atoms with van der Waals surface area (Å²) >= 11 is 0. The molecule has 3 N–H and O–H groups in total. The van der Waals surface area contributed by atoms with Crippen LogP contribution in [0.15, 0.2) is 23.1 Å². The fourth-order valence-corrected chi connectivity index (χ4v) is 9.16. The van der Waals surface area contributed by atoms with E-state index in [4.69, 9.17) is 14.2 Å². The Hall–Kier alpha value is -2.90. The molecule has 5 fully saturated rings. The van der Waals surface area contributed by atoms with Gasteiger partial charge in [-0.2, -0.15) is 4.31 Å². The molecule has 212 valence electrons. The van der Waals surface area contributed by atoms with Gasteiger partial charge in [0.25, 0.3) is 5.91 Å². The summed E-state index contributed by atoms with van der Waals surface area (Å²) in [6.45, 7) is -0.437. The summed E-state index contributed by atoms with van der Waals surface area (Å²) in [5.74, 6) is 0.749. The Bertz CT molecular complexity index is 1250. The van der Waals surface area contributed by atoms with Gasteiger partial charge in [0.05, 0.1) is 11.0 Å². The minimum atomic E-state index is -4.21. The number of aliphatic hydroxyl groups excluding tert-OH is 1. The molecule has 6 aliphatic rings. The van der Waals surface area contributed by atoms with E-state index in [-0.39, 0.29) is 35.8 Å². The highest BCUT2D eigenvalue weighted by atomic mass is 32.2. The second-order valence-corrected chi connectivity index (χ2v) is 13.5.